The van der Waals surface area contributed by atoms with Crippen LogP contribution in [-0.4, -0.2) is 33.4 Å². The van der Waals surface area contributed by atoms with Gasteiger partial charge < -0.3 is 15.8 Å². The largest absolute Gasteiger partial charge is 0.450 e. The fraction of sp³-hybridized carbons (Fsp3) is 0.933. The molecule has 5 heteroatoms. The molecule has 1 saturated carbocycles. The molecule has 0 spiro atoms. The zero-order valence-electron chi connectivity index (χ0n) is 13.4. The Labute approximate surface area is 124 Å². The lowest BCUT2D eigenvalue weighted by Gasteiger charge is -2.24. The zero-order valence-corrected chi connectivity index (χ0v) is 14.4. The molecule has 1 rings (SSSR count). The summed E-state index contributed by atoms with van der Waals surface area (Å²) >= 11 is 0. The van der Waals surface area contributed by atoms with E-state index in [0.29, 0.717) is 13.2 Å². The second-order valence-corrected chi connectivity index (χ2v) is 12.9. The van der Waals surface area contributed by atoms with E-state index in [4.69, 9.17) is 10.5 Å². The molecule has 1 unspecified atom stereocenters. The summed E-state index contributed by atoms with van der Waals surface area (Å²) in [5.74, 6) is 0.753. The van der Waals surface area contributed by atoms with E-state index >= 15 is 0 Å². The SMILES string of the molecule is C[Si](C)(C)CCOC(=O)NCC(N)CC1CCCCC1. The van der Waals surface area contributed by atoms with E-state index in [1.54, 1.807) is 0 Å². The third kappa shape index (κ3) is 8.58. The first-order valence-corrected chi connectivity index (χ1v) is 11.7. The standard InChI is InChI=1S/C15H32N2O2Si/c1-20(2,3)10-9-19-15(18)17-12-14(16)11-13-7-5-4-6-8-13/h13-14H,4-12,16H2,1-3H3,(H,17,18). The molecule has 0 aromatic heterocycles. The highest BCUT2D eigenvalue weighted by Gasteiger charge is 2.18. The van der Waals surface area contributed by atoms with Crippen LogP contribution < -0.4 is 11.1 Å². The first-order valence-electron chi connectivity index (χ1n) is 8.03. The van der Waals surface area contributed by atoms with Crippen LogP contribution in [0.15, 0.2) is 0 Å². The molecule has 0 radical (unpaired) electrons. The molecule has 4 nitrogen and oxygen atoms in total. The number of alkyl carbamates (subject to hydrolysis) is 1. The maximum atomic E-state index is 11.6. The first-order chi connectivity index (χ1) is 9.37. The summed E-state index contributed by atoms with van der Waals surface area (Å²) in [6, 6.07) is 1.07. The Hall–Kier alpha value is -0.553. The molecule has 0 heterocycles. The second-order valence-electron chi connectivity index (χ2n) is 7.33. The third-order valence-electron chi connectivity index (χ3n) is 3.95. The molecule has 0 aromatic carbocycles. The Morgan fingerprint density at radius 1 is 1.30 bits per heavy atom. The Balaban J connectivity index is 2.07. The van der Waals surface area contributed by atoms with Crippen molar-refractivity contribution in [1.29, 1.82) is 0 Å². The number of hydrogen-bond donors (Lipinski definition) is 2. The van der Waals surface area contributed by atoms with Crippen molar-refractivity contribution in [2.24, 2.45) is 11.7 Å². The lowest BCUT2D eigenvalue weighted by molar-refractivity contribution is 0.150. The van der Waals surface area contributed by atoms with Crippen LogP contribution in [0.5, 0.6) is 0 Å². The first kappa shape index (κ1) is 17.5. The fourth-order valence-corrected chi connectivity index (χ4v) is 3.36. The zero-order chi connectivity index (χ0) is 15.0. The Morgan fingerprint density at radius 2 is 1.95 bits per heavy atom. The molecule has 118 valence electrons. The summed E-state index contributed by atoms with van der Waals surface area (Å²) in [5.41, 5.74) is 6.09. The van der Waals surface area contributed by atoms with Gasteiger partial charge in [-0.25, -0.2) is 4.79 Å². The molecule has 0 aliphatic heterocycles. The number of carbonyl (C=O) groups excluding carboxylic acids is 1. The van der Waals surface area contributed by atoms with Crippen LogP contribution in [0, 0.1) is 5.92 Å². The molecule has 20 heavy (non-hydrogen) atoms. The fourth-order valence-electron chi connectivity index (χ4n) is 2.65. The molecular weight excluding hydrogens is 268 g/mol. The maximum Gasteiger partial charge on any atom is 0.407 e. The van der Waals surface area contributed by atoms with Crippen molar-refractivity contribution in [2.75, 3.05) is 13.2 Å². The van der Waals surface area contributed by atoms with Crippen molar-refractivity contribution >= 4 is 14.2 Å². The number of rotatable bonds is 7. The van der Waals surface area contributed by atoms with Crippen LogP contribution in [0.4, 0.5) is 4.79 Å². The van der Waals surface area contributed by atoms with Crippen LogP contribution >= 0.6 is 0 Å². The van der Waals surface area contributed by atoms with Gasteiger partial charge in [0.2, 0.25) is 0 Å². The van der Waals surface area contributed by atoms with Crippen molar-refractivity contribution in [3.05, 3.63) is 0 Å². The van der Waals surface area contributed by atoms with Crippen molar-refractivity contribution in [3.63, 3.8) is 0 Å². The smallest absolute Gasteiger partial charge is 0.407 e. The van der Waals surface area contributed by atoms with Gasteiger partial charge in [0.1, 0.15) is 0 Å². The Kier molecular flexibility index (Phi) is 7.59. The average Bonchev–Trinajstić information content (AvgIpc) is 2.36. The minimum atomic E-state index is -1.13. The highest BCUT2D eigenvalue weighted by Crippen LogP contribution is 2.26. The van der Waals surface area contributed by atoms with Crippen LogP contribution in [0.2, 0.25) is 25.7 Å². The van der Waals surface area contributed by atoms with Crippen molar-refractivity contribution in [2.45, 2.75) is 70.3 Å². The van der Waals surface area contributed by atoms with Crippen molar-refractivity contribution < 1.29 is 9.53 Å². The van der Waals surface area contributed by atoms with Crippen LogP contribution in [-0.2, 0) is 4.74 Å². The van der Waals surface area contributed by atoms with Gasteiger partial charge in [0.05, 0.1) is 6.61 Å². The summed E-state index contributed by atoms with van der Waals surface area (Å²) < 4.78 is 5.19. The Bertz CT molecular complexity index is 286. The second kappa shape index (κ2) is 8.67. The quantitative estimate of drug-likeness (QED) is 0.709. The predicted molar refractivity (Wildman–Crippen MR) is 86.7 cm³/mol. The van der Waals surface area contributed by atoms with E-state index in [0.717, 1.165) is 18.4 Å². The average molecular weight is 301 g/mol. The third-order valence-corrected chi connectivity index (χ3v) is 5.66. The molecule has 1 amide bonds. The number of nitrogens with one attached hydrogen (secondary N) is 1. The number of amides is 1. The van der Waals surface area contributed by atoms with Gasteiger partial charge in [-0.1, -0.05) is 51.7 Å². The Morgan fingerprint density at radius 3 is 2.55 bits per heavy atom. The van der Waals surface area contributed by atoms with Gasteiger partial charge in [-0.3, -0.25) is 0 Å². The van der Waals surface area contributed by atoms with E-state index in [1.165, 1.54) is 32.1 Å². The minimum absolute atomic E-state index is 0.0580. The van der Waals surface area contributed by atoms with Gasteiger partial charge in [-0.05, 0) is 18.4 Å². The van der Waals surface area contributed by atoms with Crippen LogP contribution in [0.25, 0.3) is 0 Å². The van der Waals surface area contributed by atoms with Gasteiger partial charge in [-0.15, -0.1) is 0 Å². The molecule has 3 N–H and O–H groups in total. The van der Waals surface area contributed by atoms with Gasteiger partial charge in [-0.2, -0.15) is 0 Å². The molecule has 1 fully saturated rings. The molecule has 0 saturated heterocycles. The van der Waals surface area contributed by atoms with E-state index in [1.807, 2.05) is 0 Å². The summed E-state index contributed by atoms with van der Waals surface area (Å²) in [5, 5.41) is 2.79. The van der Waals surface area contributed by atoms with Gasteiger partial charge in [0.25, 0.3) is 0 Å². The van der Waals surface area contributed by atoms with E-state index in [-0.39, 0.29) is 12.1 Å². The minimum Gasteiger partial charge on any atom is -0.450 e. The highest BCUT2D eigenvalue weighted by atomic mass is 28.3. The normalized spacial score (nSPS) is 18.6. The maximum absolute atomic E-state index is 11.6. The topological polar surface area (TPSA) is 64.3 Å². The lowest BCUT2D eigenvalue weighted by Crippen LogP contribution is -2.39. The van der Waals surface area contributed by atoms with E-state index in [9.17, 15) is 4.79 Å². The monoisotopic (exact) mass is 300 g/mol. The number of hydrogen-bond acceptors (Lipinski definition) is 3. The molecule has 1 aliphatic rings. The molecular formula is C15H32N2O2Si. The van der Waals surface area contributed by atoms with Gasteiger partial charge >= 0.3 is 6.09 Å². The number of ether oxygens (including phenoxy) is 1. The molecule has 1 atom stereocenters. The number of carbonyl (C=O) groups is 1. The summed E-state index contributed by atoms with van der Waals surface area (Å²) in [7, 11) is -1.13. The summed E-state index contributed by atoms with van der Waals surface area (Å²) in [6.45, 7) is 7.87. The van der Waals surface area contributed by atoms with Gasteiger partial charge in [0, 0.05) is 20.7 Å². The predicted octanol–water partition coefficient (Wildman–Crippen LogP) is 3.35. The van der Waals surface area contributed by atoms with E-state index < -0.39 is 8.07 Å². The van der Waals surface area contributed by atoms with Gasteiger partial charge in [0.15, 0.2) is 0 Å². The van der Waals surface area contributed by atoms with Crippen molar-refractivity contribution in [1.82, 2.24) is 5.32 Å². The highest BCUT2D eigenvalue weighted by molar-refractivity contribution is 6.76. The van der Waals surface area contributed by atoms with Crippen LogP contribution in [0.1, 0.15) is 38.5 Å². The van der Waals surface area contributed by atoms with Crippen LogP contribution in [0.3, 0.4) is 0 Å². The number of nitrogens with two attached hydrogens (primary N) is 1. The van der Waals surface area contributed by atoms with E-state index in [2.05, 4.69) is 25.0 Å². The molecule has 0 bridgehead atoms. The summed E-state index contributed by atoms with van der Waals surface area (Å²) in [6.07, 6.45) is 7.35. The molecule has 0 aromatic rings. The summed E-state index contributed by atoms with van der Waals surface area (Å²) in [4.78, 5) is 11.6. The van der Waals surface area contributed by atoms with Crippen molar-refractivity contribution in [3.8, 4) is 0 Å². The molecule has 1 aliphatic carbocycles. The lowest BCUT2D eigenvalue weighted by atomic mass is 9.85.